The van der Waals surface area contributed by atoms with E-state index < -0.39 is 9.73 Å². The second-order valence-corrected chi connectivity index (χ2v) is 6.32. The zero-order chi connectivity index (χ0) is 13.5. The molecule has 0 spiro atoms. The smallest absolute Gasteiger partial charge is 0.119 e. The molecule has 0 aliphatic carbocycles. The van der Waals surface area contributed by atoms with Crippen molar-refractivity contribution in [3.8, 4) is 5.75 Å². The number of benzene rings is 2. The van der Waals surface area contributed by atoms with E-state index in [9.17, 15) is 4.21 Å². The molecule has 0 bridgehead atoms. The highest BCUT2D eigenvalue weighted by molar-refractivity contribution is 7.92. The summed E-state index contributed by atoms with van der Waals surface area (Å²) in [6, 6.07) is 12.6. The Morgan fingerprint density at radius 2 is 1.68 bits per heavy atom. The number of methoxy groups -OCH3 is 1. The molecule has 1 aliphatic rings. The van der Waals surface area contributed by atoms with Gasteiger partial charge in [-0.15, -0.1) is 0 Å². The fourth-order valence-corrected chi connectivity index (χ4v) is 3.92. The van der Waals surface area contributed by atoms with Gasteiger partial charge in [0.1, 0.15) is 15.5 Å². The first-order valence-corrected chi connectivity index (χ1v) is 7.43. The highest BCUT2D eigenvalue weighted by Gasteiger charge is 2.21. The molecule has 1 N–H and O–H groups in total. The Hall–Kier alpha value is -2.07. The first kappa shape index (κ1) is 12.0. The van der Waals surface area contributed by atoms with Gasteiger partial charge in [0.15, 0.2) is 0 Å². The average Bonchev–Trinajstić information content (AvgIpc) is 2.54. The van der Waals surface area contributed by atoms with E-state index in [0.717, 1.165) is 11.1 Å². The highest BCUT2D eigenvalue weighted by atomic mass is 32.2. The summed E-state index contributed by atoms with van der Waals surface area (Å²) in [6.45, 7) is 0. The zero-order valence-corrected chi connectivity index (χ0v) is 11.2. The fraction of sp³-hybridized carbons (Fsp3) is 0.0667. The molecule has 0 saturated carbocycles. The van der Waals surface area contributed by atoms with E-state index in [-0.39, 0.29) is 0 Å². The monoisotopic (exact) mass is 271 g/mol. The molecule has 0 saturated heterocycles. The number of rotatable bonds is 1. The van der Waals surface area contributed by atoms with Crippen molar-refractivity contribution in [3.05, 3.63) is 53.6 Å². The third kappa shape index (κ3) is 1.85. The first-order valence-electron chi connectivity index (χ1n) is 5.87. The van der Waals surface area contributed by atoms with E-state index in [2.05, 4.69) is 0 Å². The van der Waals surface area contributed by atoms with Gasteiger partial charge in [0, 0.05) is 0 Å². The van der Waals surface area contributed by atoms with Crippen molar-refractivity contribution < 1.29 is 8.95 Å². The Labute approximate surface area is 112 Å². The summed E-state index contributed by atoms with van der Waals surface area (Å²) in [5.74, 6) is 0.699. The topological polar surface area (TPSA) is 50.1 Å². The predicted molar refractivity (Wildman–Crippen MR) is 75.8 cm³/mol. The molecule has 0 amide bonds. The number of ether oxygens (including phenoxy) is 1. The Morgan fingerprint density at radius 3 is 2.47 bits per heavy atom. The molecule has 1 heterocycles. The van der Waals surface area contributed by atoms with E-state index in [1.807, 2.05) is 36.4 Å². The highest BCUT2D eigenvalue weighted by Crippen LogP contribution is 2.34. The molecular weight excluding hydrogens is 258 g/mol. The zero-order valence-electron chi connectivity index (χ0n) is 10.4. The first-order chi connectivity index (χ1) is 9.13. The van der Waals surface area contributed by atoms with Gasteiger partial charge in [0.05, 0.1) is 16.9 Å². The third-order valence-electron chi connectivity index (χ3n) is 3.20. The van der Waals surface area contributed by atoms with E-state index in [4.69, 9.17) is 9.52 Å². The van der Waals surface area contributed by atoms with Gasteiger partial charge in [0.25, 0.3) is 0 Å². The lowest BCUT2D eigenvalue weighted by Crippen LogP contribution is -2.02. The second kappa shape index (κ2) is 4.24. The molecule has 96 valence electrons. The number of hydrogen-bond acceptors (Lipinski definition) is 3. The van der Waals surface area contributed by atoms with Crippen LogP contribution in [0.4, 0.5) is 0 Å². The Morgan fingerprint density at radius 1 is 1.00 bits per heavy atom. The van der Waals surface area contributed by atoms with Crippen LogP contribution in [-0.4, -0.2) is 11.3 Å². The summed E-state index contributed by atoms with van der Waals surface area (Å²) < 4.78 is 26.3. The van der Waals surface area contributed by atoms with Gasteiger partial charge in [-0.05, 0) is 35.4 Å². The maximum atomic E-state index is 12.9. The molecule has 0 aromatic heterocycles. The summed E-state index contributed by atoms with van der Waals surface area (Å²) >= 11 is 0. The van der Waals surface area contributed by atoms with E-state index in [1.165, 1.54) is 0 Å². The third-order valence-corrected chi connectivity index (χ3v) is 5.18. The summed E-state index contributed by atoms with van der Waals surface area (Å²) in [5.41, 5.74) is 1.60. The minimum absolute atomic E-state index is 0.537. The van der Waals surface area contributed by atoms with Crippen molar-refractivity contribution >= 4 is 21.9 Å². The van der Waals surface area contributed by atoms with Gasteiger partial charge in [-0.25, -0.2) is 8.99 Å². The van der Waals surface area contributed by atoms with Gasteiger partial charge in [-0.2, -0.15) is 0 Å². The fourth-order valence-electron chi connectivity index (χ4n) is 2.22. The quantitative estimate of drug-likeness (QED) is 0.734. The van der Waals surface area contributed by atoms with Crippen molar-refractivity contribution in [2.75, 3.05) is 7.11 Å². The second-order valence-electron chi connectivity index (χ2n) is 4.33. The van der Waals surface area contributed by atoms with E-state index in [1.54, 1.807) is 25.3 Å². The van der Waals surface area contributed by atoms with Crippen LogP contribution in [0.1, 0.15) is 11.1 Å². The van der Waals surface area contributed by atoms with Crippen LogP contribution in [0.3, 0.4) is 0 Å². The SMILES string of the molecule is COc1ccc2c(c1)C=Cc1ccccc1S2(=N)=O. The van der Waals surface area contributed by atoms with Gasteiger partial charge >= 0.3 is 0 Å². The molecule has 1 unspecified atom stereocenters. The van der Waals surface area contributed by atoms with Crippen LogP contribution in [0.15, 0.2) is 52.3 Å². The largest absolute Gasteiger partial charge is 0.497 e. The number of fused-ring (bicyclic) bond motifs is 2. The van der Waals surface area contributed by atoms with Crippen molar-refractivity contribution in [2.24, 2.45) is 0 Å². The van der Waals surface area contributed by atoms with Crippen LogP contribution in [0, 0.1) is 4.78 Å². The Bertz CT molecular complexity index is 776. The molecule has 0 radical (unpaired) electrons. The number of hydrogen-bond donors (Lipinski definition) is 1. The molecule has 3 rings (SSSR count). The van der Waals surface area contributed by atoms with Crippen LogP contribution in [0.5, 0.6) is 5.75 Å². The molecule has 0 fully saturated rings. The van der Waals surface area contributed by atoms with Crippen LogP contribution in [-0.2, 0) is 9.73 Å². The predicted octanol–water partition coefficient (Wildman–Crippen LogP) is 3.64. The molecule has 4 heteroatoms. The van der Waals surface area contributed by atoms with Crippen molar-refractivity contribution in [2.45, 2.75) is 9.79 Å². The molecule has 1 atom stereocenters. The summed E-state index contributed by atoms with van der Waals surface area (Å²) in [4.78, 5) is 1.10. The molecule has 2 aromatic carbocycles. The van der Waals surface area contributed by atoms with Crippen molar-refractivity contribution in [3.63, 3.8) is 0 Å². The van der Waals surface area contributed by atoms with E-state index >= 15 is 0 Å². The molecule has 2 aromatic rings. The normalized spacial score (nSPS) is 20.3. The van der Waals surface area contributed by atoms with Crippen LogP contribution in [0.2, 0.25) is 0 Å². The van der Waals surface area contributed by atoms with Gasteiger partial charge in [-0.3, -0.25) is 0 Å². The maximum Gasteiger partial charge on any atom is 0.119 e. The molecule has 3 nitrogen and oxygen atoms in total. The lowest BCUT2D eigenvalue weighted by atomic mass is 10.1. The van der Waals surface area contributed by atoms with E-state index in [0.29, 0.717) is 15.5 Å². The lowest BCUT2D eigenvalue weighted by molar-refractivity contribution is 0.414. The summed E-state index contributed by atoms with van der Waals surface area (Å²) in [6.07, 6.45) is 3.78. The lowest BCUT2D eigenvalue weighted by Gasteiger charge is -2.11. The van der Waals surface area contributed by atoms with Crippen LogP contribution >= 0.6 is 0 Å². The van der Waals surface area contributed by atoms with Gasteiger partial charge in [0.2, 0.25) is 0 Å². The van der Waals surface area contributed by atoms with Crippen LogP contribution in [0.25, 0.3) is 12.2 Å². The Kier molecular flexibility index (Phi) is 2.68. The minimum atomic E-state index is -2.98. The van der Waals surface area contributed by atoms with Gasteiger partial charge in [-0.1, -0.05) is 30.4 Å². The van der Waals surface area contributed by atoms with Gasteiger partial charge < -0.3 is 4.74 Å². The van der Waals surface area contributed by atoms with Crippen LogP contribution < -0.4 is 4.74 Å². The number of nitrogens with one attached hydrogen (secondary N) is 1. The minimum Gasteiger partial charge on any atom is -0.497 e. The average molecular weight is 271 g/mol. The van der Waals surface area contributed by atoms with Crippen molar-refractivity contribution in [1.29, 1.82) is 4.78 Å². The molecule has 1 aliphatic heterocycles. The molecule has 19 heavy (non-hydrogen) atoms. The van der Waals surface area contributed by atoms with Crippen molar-refractivity contribution in [1.82, 2.24) is 0 Å². The standard InChI is InChI=1S/C15H13NO2S/c1-18-13-8-9-15-12(10-13)7-6-11-4-2-3-5-14(11)19(15,16)17/h2-10,16H,1H3. The summed E-state index contributed by atoms with van der Waals surface area (Å²) in [5, 5.41) is 0. The Balaban J connectivity index is 2.34. The molecular formula is C15H13NO2S. The summed E-state index contributed by atoms with van der Waals surface area (Å²) in [7, 11) is -1.39. The maximum absolute atomic E-state index is 12.9.